The Balaban J connectivity index is 2.64. The average molecular weight is 153 g/mol. The van der Waals surface area contributed by atoms with Crippen LogP contribution in [-0.4, -0.2) is 29.1 Å². The van der Waals surface area contributed by atoms with Crippen LogP contribution in [0, 0.1) is 0 Å². The van der Waals surface area contributed by atoms with Gasteiger partial charge in [0.05, 0.1) is 5.57 Å². The normalized spacial score (nSPS) is 16.5. The SMILES string of the molecule is CCN1C=CC=C(C(=O)O)C1. The Morgan fingerprint density at radius 2 is 2.55 bits per heavy atom. The van der Waals surface area contributed by atoms with E-state index in [1.165, 1.54) is 0 Å². The van der Waals surface area contributed by atoms with Crippen LogP contribution in [0.4, 0.5) is 0 Å². The quantitative estimate of drug-likeness (QED) is 0.639. The van der Waals surface area contributed by atoms with Gasteiger partial charge in [-0.15, -0.1) is 0 Å². The number of carbonyl (C=O) groups is 1. The molecule has 0 unspecified atom stereocenters. The molecule has 0 radical (unpaired) electrons. The first-order valence-corrected chi connectivity index (χ1v) is 3.58. The number of hydrogen-bond donors (Lipinski definition) is 1. The maximum Gasteiger partial charge on any atom is 0.333 e. The van der Waals surface area contributed by atoms with Crippen LogP contribution in [0.15, 0.2) is 23.9 Å². The Morgan fingerprint density at radius 1 is 1.82 bits per heavy atom. The predicted octanol–water partition coefficient (Wildman–Crippen LogP) is 0.847. The molecule has 1 rings (SSSR count). The minimum absolute atomic E-state index is 0.453. The number of carboxylic acid groups (broad SMARTS) is 1. The fourth-order valence-electron chi connectivity index (χ4n) is 0.961. The molecule has 0 aliphatic carbocycles. The van der Waals surface area contributed by atoms with Gasteiger partial charge < -0.3 is 10.0 Å². The molecule has 1 N–H and O–H groups in total. The van der Waals surface area contributed by atoms with E-state index in [0.29, 0.717) is 12.1 Å². The lowest BCUT2D eigenvalue weighted by Crippen LogP contribution is -2.24. The highest BCUT2D eigenvalue weighted by molar-refractivity contribution is 5.87. The van der Waals surface area contributed by atoms with E-state index in [4.69, 9.17) is 5.11 Å². The number of aliphatic carboxylic acids is 1. The summed E-state index contributed by atoms with van der Waals surface area (Å²) in [4.78, 5) is 12.4. The number of nitrogens with zero attached hydrogens (tertiary/aromatic N) is 1. The topological polar surface area (TPSA) is 40.5 Å². The molecule has 60 valence electrons. The van der Waals surface area contributed by atoms with Gasteiger partial charge in [0.15, 0.2) is 0 Å². The third kappa shape index (κ3) is 1.83. The standard InChI is InChI=1S/C8H11NO2/c1-2-9-5-3-4-7(6-9)8(10)11/h3-5H,2,6H2,1H3,(H,10,11). The Kier molecular flexibility index (Phi) is 2.31. The highest BCUT2D eigenvalue weighted by Crippen LogP contribution is 2.06. The van der Waals surface area contributed by atoms with Crippen molar-refractivity contribution in [2.45, 2.75) is 6.92 Å². The molecule has 0 fully saturated rings. The molecule has 0 aromatic heterocycles. The Bertz CT molecular complexity index is 218. The zero-order valence-corrected chi connectivity index (χ0v) is 6.45. The molecule has 1 heterocycles. The third-order valence-electron chi connectivity index (χ3n) is 1.65. The van der Waals surface area contributed by atoms with Crippen LogP contribution in [0.25, 0.3) is 0 Å². The summed E-state index contributed by atoms with van der Waals surface area (Å²) in [5.41, 5.74) is 0.453. The number of carboxylic acids is 1. The lowest BCUT2D eigenvalue weighted by molar-refractivity contribution is -0.132. The molecule has 0 bridgehead atoms. The van der Waals surface area contributed by atoms with E-state index < -0.39 is 5.97 Å². The molecule has 0 amide bonds. The fraction of sp³-hybridized carbons (Fsp3) is 0.375. The number of hydrogen-bond acceptors (Lipinski definition) is 2. The molecule has 0 aromatic carbocycles. The average Bonchev–Trinajstić information content (AvgIpc) is 2.05. The summed E-state index contributed by atoms with van der Waals surface area (Å²) in [7, 11) is 0. The van der Waals surface area contributed by atoms with E-state index in [0.717, 1.165) is 6.54 Å². The lowest BCUT2D eigenvalue weighted by Gasteiger charge is -2.20. The second kappa shape index (κ2) is 3.23. The highest BCUT2D eigenvalue weighted by atomic mass is 16.4. The molecule has 0 spiro atoms. The summed E-state index contributed by atoms with van der Waals surface area (Å²) in [6.45, 7) is 3.36. The Hall–Kier alpha value is -1.25. The third-order valence-corrected chi connectivity index (χ3v) is 1.65. The van der Waals surface area contributed by atoms with Crippen LogP contribution in [0.3, 0.4) is 0 Å². The van der Waals surface area contributed by atoms with Crippen LogP contribution in [0.2, 0.25) is 0 Å². The van der Waals surface area contributed by atoms with Gasteiger partial charge in [-0.25, -0.2) is 4.79 Å². The molecular weight excluding hydrogens is 142 g/mol. The van der Waals surface area contributed by atoms with Gasteiger partial charge in [0.2, 0.25) is 0 Å². The van der Waals surface area contributed by atoms with E-state index >= 15 is 0 Å². The van der Waals surface area contributed by atoms with Gasteiger partial charge in [0.25, 0.3) is 0 Å². The number of allylic oxidation sites excluding steroid dienone is 2. The van der Waals surface area contributed by atoms with Gasteiger partial charge >= 0.3 is 5.97 Å². The molecular formula is C8H11NO2. The van der Waals surface area contributed by atoms with Crippen LogP contribution in [0.5, 0.6) is 0 Å². The Morgan fingerprint density at radius 3 is 3.09 bits per heavy atom. The van der Waals surface area contributed by atoms with Crippen LogP contribution >= 0.6 is 0 Å². The van der Waals surface area contributed by atoms with E-state index in [9.17, 15) is 4.79 Å². The number of likely N-dealkylation sites (N-methyl/N-ethyl adjacent to an activating group) is 1. The maximum absolute atomic E-state index is 10.5. The van der Waals surface area contributed by atoms with Crippen molar-refractivity contribution in [1.82, 2.24) is 4.90 Å². The summed E-state index contributed by atoms with van der Waals surface area (Å²) in [5, 5.41) is 8.62. The number of rotatable bonds is 2. The van der Waals surface area contributed by atoms with Crippen LogP contribution in [-0.2, 0) is 4.79 Å². The Labute approximate surface area is 65.6 Å². The van der Waals surface area contributed by atoms with Crippen LogP contribution in [0.1, 0.15) is 6.92 Å². The summed E-state index contributed by atoms with van der Waals surface area (Å²) < 4.78 is 0. The second-order valence-electron chi connectivity index (χ2n) is 2.40. The van der Waals surface area contributed by atoms with Gasteiger partial charge in [0.1, 0.15) is 0 Å². The maximum atomic E-state index is 10.5. The van der Waals surface area contributed by atoms with E-state index in [1.807, 2.05) is 18.0 Å². The molecule has 3 heteroatoms. The first kappa shape index (κ1) is 7.85. The second-order valence-corrected chi connectivity index (χ2v) is 2.40. The summed E-state index contributed by atoms with van der Waals surface area (Å²) in [5.74, 6) is -0.826. The van der Waals surface area contributed by atoms with Crippen LogP contribution < -0.4 is 0 Å². The van der Waals surface area contributed by atoms with Gasteiger partial charge in [-0.1, -0.05) is 0 Å². The van der Waals surface area contributed by atoms with E-state index in [1.54, 1.807) is 12.2 Å². The summed E-state index contributed by atoms with van der Waals surface area (Å²) in [6.07, 6.45) is 5.29. The summed E-state index contributed by atoms with van der Waals surface area (Å²) in [6, 6.07) is 0. The molecule has 0 atom stereocenters. The lowest BCUT2D eigenvalue weighted by atomic mass is 10.2. The van der Waals surface area contributed by atoms with Gasteiger partial charge in [-0.3, -0.25) is 0 Å². The molecule has 3 nitrogen and oxygen atoms in total. The molecule has 11 heavy (non-hydrogen) atoms. The smallest absolute Gasteiger partial charge is 0.333 e. The van der Waals surface area contributed by atoms with Crippen molar-refractivity contribution in [3.8, 4) is 0 Å². The van der Waals surface area contributed by atoms with Crippen molar-refractivity contribution in [2.24, 2.45) is 0 Å². The van der Waals surface area contributed by atoms with Crippen molar-refractivity contribution in [3.63, 3.8) is 0 Å². The van der Waals surface area contributed by atoms with Crippen molar-refractivity contribution in [3.05, 3.63) is 23.9 Å². The predicted molar refractivity (Wildman–Crippen MR) is 42.1 cm³/mol. The van der Waals surface area contributed by atoms with Crippen molar-refractivity contribution in [1.29, 1.82) is 0 Å². The monoisotopic (exact) mass is 153 g/mol. The van der Waals surface area contributed by atoms with Crippen molar-refractivity contribution < 1.29 is 9.90 Å². The van der Waals surface area contributed by atoms with Gasteiger partial charge in [-0.2, -0.15) is 0 Å². The molecule has 1 aliphatic heterocycles. The molecule has 0 saturated carbocycles. The largest absolute Gasteiger partial charge is 0.478 e. The van der Waals surface area contributed by atoms with Gasteiger partial charge in [-0.05, 0) is 25.3 Å². The molecule has 0 aromatic rings. The minimum atomic E-state index is -0.826. The summed E-state index contributed by atoms with van der Waals surface area (Å²) >= 11 is 0. The first-order chi connectivity index (χ1) is 5.24. The van der Waals surface area contributed by atoms with E-state index in [2.05, 4.69) is 0 Å². The zero-order valence-electron chi connectivity index (χ0n) is 6.45. The zero-order chi connectivity index (χ0) is 8.27. The van der Waals surface area contributed by atoms with Gasteiger partial charge in [0, 0.05) is 13.1 Å². The fourth-order valence-corrected chi connectivity index (χ4v) is 0.961. The minimum Gasteiger partial charge on any atom is -0.478 e. The molecule has 1 aliphatic rings. The van der Waals surface area contributed by atoms with Crippen molar-refractivity contribution in [2.75, 3.05) is 13.1 Å². The highest BCUT2D eigenvalue weighted by Gasteiger charge is 2.11. The first-order valence-electron chi connectivity index (χ1n) is 3.58. The molecule has 0 saturated heterocycles. The van der Waals surface area contributed by atoms with E-state index in [-0.39, 0.29) is 0 Å². The van der Waals surface area contributed by atoms with Crippen molar-refractivity contribution >= 4 is 5.97 Å².